The normalized spacial score (nSPS) is 33.0. The van der Waals surface area contributed by atoms with Crippen LogP contribution in [0.4, 0.5) is 0 Å². The van der Waals surface area contributed by atoms with Crippen molar-refractivity contribution < 1.29 is 49.7 Å². The van der Waals surface area contributed by atoms with Crippen LogP contribution in [0, 0.1) is 0 Å². The molecule has 0 saturated carbocycles. The van der Waals surface area contributed by atoms with Crippen molar-refractivity contribution in [2.75, 3.05) is 0 Å². The van der Waals surface area contributed by atoms with Crippen molar-refractivity contribution in [3.63, 3.8) is 0 Å². The highest BCUT2D eigenvalue weighted by Gasteiger charge is 2.51. The van der Waals surface area contributed by atoms with Crippen molar-refractivity contribution in [2.24, 2.45) is 5.73 Å². The second-order valence-corrected chi connectivity index (χ2v) is 9.98. The second-order valence-electron chi connectivity index (χ2n) is 9.98. The molecule has 7 atom stereocenters. The van der Waals surface area contributed by atoms with E-state index >= 15 is 0 Å². The number of rotatable bonds is 3. The summed E-state index contributed by atoms with van der Waals surface area (Å²) in [6.07, 6.45) is -5.69. The molecule has 1 heterocycles. The number of carbonyl (C=O) groups is 2. The van der Waals surface area contributed by atoms with Crippen LogP contribution < -0.4 is 5.73 Å². The zero-order valence-corrected chi connectivity index (χ0v) is 20.2. The maximum atomic E-state index is 13.4. The lowest BCUT2D eigenvalue weighted by atomic mass is 9.70. The quantitative estimate of drug-likeness (QED) is 0.246. The summed E-state index contributed by atoms with van der Waals surface area (Å²) in [6.45, 7) is 3.22. The molecule has 198 valence electrons. The zero-order chi connectivity index (χ0) is 27.0. The average molecular weight is 516 g/mol. The molecule has 5 rings (SSSR count). The number of carbonyl (C=O) groups excluding carboxylic acids is 2. The van der Waals surface area contributed by atoms with E-state index < -0.39 is 82.3 Å². The number of hydrogen-bond acceptors (Lipinski definition) is 11. The minimum absolute atomic E-state index is 0.0223. The first-order valence-electron chi connectivity index (χ1n) is 12.1. The zero-order valence-electron chi connectivity index (χ0n) is 20.2. The molecule has 1 saturated heterocycles. The van der Waals surface area contributed by atoms with Crippen molar-refractivity contribution >= 4 is 11.6 Å². The SMILES string of the molecule is CC[C@@]1(O)C[C@H](OC2CC(N)C(O)C(C)O2)c2c(O)c3c(c(O)c2[C@H]1O)C(=O)c1cccc(O)c1C3=O. The van der Waals surface area contributed by atoms with Crippen LogP contribution in [0.25, 0.3) is 0 Å². The van der Waals surface area contributed by atoms with Gasteiger partial charge in [-0.05, 0) is 19.4 Å². The maximum absolute atomic E-state index is 13.4. The Labute approximate surface area is 211 Å². The van der Waals surface area contributed by atoms with Gasteiger partial charge in [-0.3, -0.25) is 9.59 Å². The van der Waals surface area contributed by atoms with Crippen molar-refractivity contribution in [1.82, 2.24) is 0 Å². The summed E-state index contributed by atoms with van der Waals surface area (Å²) < 4.78 is 11.8. The molecule has 0 spiro atoms. The van der Waals surface area contributed by atoms with Gasteiger partial charge in [-0.1, -0.05) is 19.1 Å². The molecular formula is C26H29NO10. The van der Waals surface area contributed by atoms with Gasteiger partial charge >= 0.3 is 0 Å². The highest BCUT2D eigenvalue weighted by atomic mass is 16.7. The number of aliphatic hydroxyl groups excluding tert-OH is 2. The molecular weight excluding hydrogens is 486 g/mol. The summed E-state index contributed by atoms with van der Waals surface area (Å²) in [6, 6.07) is 3.20. The van der Waals surface area contributed by atoms with Gasteiger partial charge in [-0.2, -0.15) is 0 Å². The van der Waals surface area contributed by atoms with Gasteiger partial charge in [-0.25, -0.2) is 0 Å². The Morgan fingerprint density at radius 1 is 1.05 bits per heavy atom. The fourth-order valence-electron chi connectivity index (χ4n) is 5.65. The molecule has 0 aromatic heterocycles. The summed E-state index contributed by atoms with van der Waals surface area (Å²) in [5.74, 6) is -3.69. The van der Waals surface area contributed by atoms with Gasteiger partial charge in [0.15, 0.2) is 12.1 Å². The number of phenolic OH excluding ortho intramolecular Hbond substituents is 3. The largest absolute Gasteiger partial charge is 0.507 e. The topological polar surface area (TPSA) is 200 Å². The van der Waals surface area contributed by atoms with Crippen LogP contribution >= 0.6 is 0 Å². The highest BCUT2D eigenvalue weighted by Crippen LogP contribution is 2.56. The van der Waals surface area contributed by atoms with E-state index in [1.54, 1.807) is 13.8 Å². The molecule has 2 aromatic carbocycles. The molecule has 0 amide bonds. The van der Waals surface area contributed by atoms with Crippen LogP contribution in [0.5, 0.6) is 17.2 Å². The molecule has 37 heavy (non-hydrogen) atoms. The summed E-state index contributed by atoms with van der Waals surface area (Å²) in [4.78, 5) is 26.7. The molecule has 8 N–H and O–H groups in total. The summed E-state index contributed by atoms with van der Waals surface area (Å²) >= 11 is 0. The number of ether oxygens (including phenoxy) is 2. The number of phenols is 3. The van der Waals surface area contributed by atoms with Gasteiger partial charge < -0.3 is 45.8 Å². The van der Waals surface area contributed by atoms with Crippen LogP contribution in [-0.4, -0.2) is 72.3 Å². The van der Waals surface area contributed by atoms with Crippen LogP contribution in [0.3, 0.4) is 0 Å². The van der Waals surface area contributed by atoms with E-state index in [-0.39, 0.29) is 41.5 Å². The molecule has 4 unspecified atom stereocenters. The fraction of sp³-hybridized carbons (Fsp3) is 0.462. The van der Waals surface area contributed by atoms with Crippen molar-refractivity contribution in [2.45, 2.75) is 75.5 Å². The third-order valence-electron chi connectivity index (χ3n) is 7.81. The van der Waals surface area contributed by atoms with Crippen molar-refractivity contribution in [3.8, 4) is 17.2 Å². The van der Waals surface area contributed by atoms with E-state index in [0.29, 0.717) is 0 Å². The predicted molar refractivity (Wildman–Crippen MR) is 126 cm³/mol. The number of ketones is 2. The Morgan fingerprint density at radius 2 is 1.70 bits per heavy atom. The number of benzene rings is 2. The third-order valence-corrected chi connectivity index (χ3v) is 7.81. The Hall–Kier alpha value is -3.06. The summed E-state index contributed by atoms with van der Waals surface area (Å²) in [5, 5.41) is 65.4. The molecule has 0 radical (unpaired) electrons. The van der Waals surface area contributed by atoms with Crippen LogP contribution in [0.2, 0.25) is 0 Å². The first-order valence-corrected chi connectivity index (χ1v) is 12.1. The Kier molecular flexibility index (Phi) is 6.06. The van der Waals surface area contributed by atoms with E-state index in [1.807, 2.05) is 0 Å². The highest BCUT2D eigenvalue weighted by molar-refractivity contribution is 6.31. The number of aliphatic hydroxyl groups is 3. The standard InChI is InChI=1S/C26H29NO10/c1-3-26(35)8-13(37-14-7-11(27)20(29)9(2)36-14)16-19(25(26)34)24(33)17-18(23(16)32)22(31)15-10(21(17)30)5-4-6-12(15)28/h4-6,9,11,13-14,20,25,28-29,32-35H,3,7-8,27H2,1-2H3/t9?,11?,13-,14?,20?,25+,26+/m0/s1. The molecule has 11 heteroatoms. The minimum atomic E-state index is -1.82. The van der Waals surface area contributed by atoms with Crippen molar-refractivity contribution in [3.05, 3.63) is 51.6 Å². The van der Waals surface area contributed by atoms with E-state index in [1.165, 1.54) is 18.2 Å². The average Bonchev–Trinajstić information content (AvgIpc) is 2.85. The van der Waals surface area contributed by atoms with Gasteiger partial charge in [0.25, 0.3) is 0 Å². The first-order chi connectivity index (χ1) is 17.4. The Morgan fingerprint density at radius 3 is 2.35 bits per heavy atom. The van der Waals surface area contributed by atoms with E-state index in [0.717, 1.165) is 0 Å². The third kappa shape index (κ3) is 3.65. The van der Waals surface area contributed by atoms with Gasteiger partial charge in [0, 0.05) is 35.6 Å². The number of hydrogen-bond donors (Lipinski definition) is 7. The molecule has 3 aliphatic rings. The molecule has 0 bridgehead atoms. The number of nitrogens with two attached hydrogens (primary N) is 1. The molecule has 11 nitrogen and oxygen atoms in total. The van der Waals surface area contributed by atoms with Gasteiger partial charge in [-0.15, -0.1) is 0 Å². The van der Waals surface area contributed by atoms with Gasteiger partial charge in [0.05, 0.1) is 40.6 Å². The van der Waals surface area contributed by atoms with Crippen LogP contribution in [0.1, 0.15) is 88.3 Å². The maximum Gasteiger partial charge on any atom is 0.202 e. The lowest BCUT2D eigenvalue weighted by Gasteiger charge is -2.44. The monoisotopic (exact) mass is 515 g/mol. The Balaban J connectivity index is 1.69. The van der Waals surface area contributed by atoms with E-state index in [9.17, 15) is 40.2 Å². The predicted octanol–water partition coefficient (Wildman–Crippen LogP) is 1.04. The summed E-state index contributed by atoms with van der Waals surface area (Å²) in [5.41, 5.74) is 2.09. The van der Waals surface area contributed by atoms with E-state index in [2.05, 4.69) is 0 Å². The lowest BCUT2D eigenvalue weighted by Crippen LogP contribution is -2.52. The smallest absolute Gasteiger partial charge is 0.202 e. The van der Waals surface area contributed by atoms with Gasteiger partial charge in [0.1, 0.15) is 23.4 Å². The second kappa shape index (κ2) is 8.76. The molecule has 1 aliphatic heterocycles. The van der Waals surface area contributed by atoms with Crippen LogP contribution in [-0.2, 0) is 9.47 Å². The number of fused-ring (bicyclic) bond motifs is 3. The minimum Gasteiger partial charge on any atom is -0.507 e. The molecule has 1 fully saturated rings. The van der Waals surface area contributed by atoms with E-state index in [4.69, 9.17) is 15.2 Å². The first kappa shape index (κ1) is 25.6. The summed E-state index contributed by atoms with van der Waals surface area (Å²) in [7, 11) is 0. The molecule has 2 aromatic rings. The Bertz CT molecular complexity index is 1300. The fourth-order valence-corrected chi connectivity index (χ4v) is 5.65. The number of aromatic hydroxyl groups is 3. The lowest BCUT2D eigenvalue weighted by molar-refractivity contribution is -0.252. The van der Waals surface area contributed by atoms with Gasteiger partial charge in [0.2, 0.25) is 5.78 Å². The van der Waals surface area contributed by atoms with Crippen LogP contribution in [0.15, 0.2) is 18.2 Å². The van der Waals surface area contributed by atoms with Crippen molar-refractivity contribution in [1.29, 1.82) is 0 Å². The molecule has 2 aliphatic carbocycles.